The molecule has 0 radical (unpaired) electrons. The van der Waals surface area contributed by atoms with Crippen LogP contribution in [0.15, 0.2) is 84.9 Å². The summed E-state index contributed by atoms with van der Waals surface area (Å²) in [5.74, 6) is -1.26. The van der Waals surface area contributed by atoms with Crippen LogP contribution in [-0.2, 0) is 16.0 Å². The molecule has 0 aliphatic heterocycles. The fraction of sp³-hybridized carbons (Fsp3) is 0.111. The van der Waals surface area contributed by atoms with E-state index >= 15 is 0 Å². The van der Waals surface area contributed by atoms with E-state index in [0.29, 0.717) is 5.02 Å². The summed E-state index contributed by atoms with van der Waals surface area (Å²) in [5, 5.41) is 15.4. The standard InChI is InChI=1S/C27H22ClNO4/c1-33-27(32)24(14-17-6-8-18(9-7-17)19-10-12-22(28)13-11-19)29-26(31)23-15-20-4-2-3-5-21(20)16-25(23)30/h2-13,15-16,24,30H,14H2,1H3,(H,29,31)/t24-/m0/s1. The Labute approximate surface area is 196 Å². The van der Waals surface area contributed by atoms with Crippen molar-refractivity contribution in [2.45, 2.75) is 12.5 Å². The Bertz CT molecular complexity index is 1300. The average molecular weight is 460 g/mol. The van der Waals surface area contributed by atoms with E-state index in [2.05, 4.69) is 5.32 Å². The SMILES string of the molecule is COC(=O)[C@H](Cc1ccc(-c2ccc(Cl)cc2)cc1)NC(=O)c1cc2ccccc2cc1O. The van der Waals surface area contributed by atoms with Gasteiger partial charge in [-0.1, -0.05) is 72.3 Å². The summed E-state index contributed by atoms with van der Waals surface area (Å²) in [4.78, 5) is 25.3. The Kier molecular flexibility index (Phi) is 6.61. The third-order valence-corrected chi connectivity index (χ3v) is 5.72. The van der Waals surface area contributed by atoms with Gasteiger partial charge in [-0.05, 0) is 51.7 Å². The van der Waals surface area contributed by atoms with Gasteiger partial charge in [-0.2, -0.15) is 0 Å². The highest BCUT2D eigenvalue weighted by Crippen LogP contribution is 2.26. The van der Waals surface area contributed by atoms with Crippen LogP contribution in [0.3, 0.4) is 0 Å². The number of rotatable bonds is 6. The second-order valence-corrected chi connectivity index (χ2v) is 8.11. The van der Waals surface area contributed by atoms with E-state index in [-0.39, 0.29) is 17.7 Å². The second kappa shape index (κ2) is 9.76. The Morgan fingerprint density at radius 3 is 2.09 bits per heavy atom. The van der Waals surface area contributed by atoms with Gasteiger partial charge >= 0.3 is 5.97 Å². The maximum atomic E-state index is 12.9. The zero-order valence-corrected chi connectivity index (χ0v) is 18.7. The number of hydrogen-bond donors (Lipinski definition) is 2. The molecule has 33 heavy (non-hydrogen) atoms. The predicted octanol–water partition coefficient (Wildman–Crippen LogP) is 5.38. The van der Waals surface area contributed by atoms with E-state index in [0.717, 1.165) is 27.5 Å². The molecular formula is C27H22ClNO4. The minimum atomic E-state index is -0.908. The van der Waals surface area contributed by atoms with Gasteiger partial charge in [-0.15, -0.1) is 0 Å². The summed E-state index contributed by atoms with van der Waals surface area (Å²) >= 11 is 5.96. The first kappa shape index (κ1) is 22.4. The van der Waals surface area contributed by atoms with Crippen molar-refractivity contribution in [2.75, 3.05) is 7.11 Å². The molecule has 0 aliphatic rings. The first-order valence-corrected chi connectivity index (χ1v) is 10.8. The third-order valence-electron chi connectivity index (χ3n) is 5.47. The van der Waals surface area contributed by atoms with Gasteiger partial charge in [0.25, 0.3) is 5.91 Å². The van der Waals surface area contributed by atoms with Crippen molar-refractivity contribution in [3.63, 3.8) is 0 Å². The molecule has 0 aliphatic carbocycles. The Hall–Kier alpha value is -3.83. The van der Waals surface area contributed by atoms with Crippen LogP contribution in [0.2, 0.25) is 5.02 Å². The minimum Gasteiger partial charge on any atom is -0.507 e. The zero-order chi connectivity index (χ0) is 23.4. The lowest BCUT2D eigenvalue weighted by Gasteiger charge is -2.17. The van der Waals surface area contributed by atoms with Crippen molar-refractivity contribution in [3.8, 4) is 16.9 Å². The monoisotopic (exact) mass is 459 g/mol. The molecular weight excluding hydrogens is 438 g/mol. The molecule has 5 nitrogen and oxygen atoms in total. The van der Waals surface area contributed by atoms with Crippen molar-refractivity contribution < 1.29 is 19.4 Å². The number of benzene rings is 4. The molecule has 1 amide bonds. The van der Waals surface area contributed by atoms with Gasteiger partial charge in [-0.25, -0.2) is 4.79 Å². The number of esters is 1. The molecule has 4 rings (SSSR count). The molecule has 0 saturated carbocycles. The molecule has 2 N–H and O–H groups in total. The second-order valence-electron chi connectivity index (χ2n) is 7.67. The first-order valence-electron chi connectivity index (χ1n) is 10.4. The number of hydrogen-bond acceptors (Lipinski definition) is 4. The molecule has 0 spiro atoms. The van der Waals surface area contributed by atoms with Gasteiger partial charge < -0.3 is 15.2 Å². The predicted molar refractivity (Wildman–Crippen MR) is 129 cm³/mol. The van der Waals surface area contributed by atoms with Crippen molar-refractivity contribution >= 4 is 34.2 Å². The lowest BCUT2D eigenvalue weighted by Crippen LogP contribution is -2.43. The lowest BCUT2D eigenvalue weighted by molar-refractivity contribution is -0.142. The molecule has 0 unspecified atom stereocenters. The van der Waals surface area contributed by atoms with Gasteiger partial charge in [-0.3, -0.25) is 4.79 Å². The van der Waals surface area contributed by atoms with Crippen molar-refractivity contribution in [3.05, 3.63) is 101 Å². The highest BCUT2D eigenvalue weighted by Gasteiger charge is 2.24. The number of nitrogens with one attached hydrogen (secondary N) is 1. The molecule has 4 aromatic rings. The molecule has 166 valence electrons. The zero-order valence-electron chi connectivity index (χ0n) is 17.9. The number of phenols is 1. The molecule has 0 bridgehead atoms. The summed E-state index contributed by atoms with van der Waals surface area (Å²) < 4.78 is 4.90. The van der Waals surface area contributed by atoms with E-state index in [4.69, 9.17) is 16.3 Å². The van der Waals surface area contributed by atoms with Crippen LogP contribution < -0.4 is 5.32 Å². The number of ether oxygens (including phenoxy) is 1. The molecule has 0 aromatic heterocycles. The van der Waals surface area contributed by atoms with Crippen molar-refractivity contribution in [1.82, 2.24) is 5.32 Å². The van der Waals surface area contributed by atoms with Crippen LogP contribution in [0.4, 0.5) is 0 Å². The fourth-order valence-electron chi connectivity index (χ4n) is 3.69. The van der Waals surface area contributed by atoms with Gasteiger partial charge in [0.05, 0.1) is 12.7 Å². The highest BCUT2D eigenvalue weighted by molar-refractivity contribution is 6.30. The summed E-state index contributed by atoms with van der Waals surface area (Å²) in [6, 6.07) is 24.9. The maximum absolute atomic E-state index is 12.9. The molecule has 0 saturated heterocycles. The minimum absolute atomic E-state index is 0.0979. The van der Waals surface area contributed by atoms with E-state index in [1.807, 2.05) is 72.8 Å². The quantitative estimate of drug-likeness (QED) is 0.379. The Balaban J connectivity index is 1.53. The molecule has 0 fully saturated rings. The number of aromatic hydroxyl groups is 1. The molecule has 1 atom stereocenters. The smallest absolute Gasteiger partial charge is 0.328 e. The van der Waals surface area contributed by atoms with Crippen LogP contribution in [0, 0.1) is 0 Å². The lowest BCUT2D eigenvalue weighted by atomic mass is 10.00. The largest absolute Gasteiger partial charge is 0.507 e. The normalized spacial score (nSPS) is 11.7. The summed E-state index contributed by atoms with van der Waals surface area (Å²) in [5.41, 5.74) is 2.98. The molecule has 0 heterocycles. The van der Waals surface area contributed by atoms with Crippen LogP contribution in [0.25, 0.3) is 21.9 Å². The van der Waals surface area contributed by atoms with Crippen LogP contribution >= 0.6 is 11.6 Å². The topological polar surface area (TPSA) is 75.6 Å². The van der Waals surface area contributed by atoms with E-state index in [1.165, 1.54) is 13.2 Å². The summed E-state index contributed by atoms with van der Waals surface area (Å²) in [6.45, 7) is 0. The maximum Gasteiger partial charge on any atom is 0.328 e. The van der Waals surface area contributed by atoms with Crippen LogP contribution in [0.5, 0.6) is 5.75 Å². The van der Waals surface area contributed by atoms with E-state index in [9.17, 15) is 14.7 Å². The molecule has 6 heteroatoms. The number of carbonyl (C=O) groups excluding carboxylic acids is 2. The van der Waals surface area contributed by atoms with E-state index < -0.39 is 17.9 Å². The van der Waals surface area contributed by atoms with Gasteiger partial charge in [0, 0.05) is 11.4 Å². The number of fused-ring (bicyclic) bond motifs is 1. The number of amides is 1. The number of halogens is 1. The van der Waals surface area contributed by atoms with Gasteiger partial charge in [0.2, 0.25) is 0 Å². The third kappa shape index (κ3) is 5.16. The van der Waals surface area contributed by atoms with Crippen molar-refractivity contribution in [1.29, 1.82) is 0 Å². The number of methoxy groups -OCH3 is 1. The van der Waals surface area contributed by atoms with Gasteiger partial charge in [0.15, 0.2) is 0 Å². The highest BCUT2D eigenvalue weighted by atomic mass is 35.5. The van der Waals surface area contributed by atoms with Crippen LogP contribution in [-0.4, -0.2) is 30.1 Å². The Morgan fingerprint density at radius 2 is 1.48 bits per heavy atom. The first-order chi connectivity index (χ1) is 15.9. The Morgan fingerprint density at radius 1 is 0.909 bits per heavy atom. The summed E-state index contributed by atoms with van der Waals surface area (Å²) in [6.07, 6.45) is 0.244. The average Bonchev–Trinajstić information content (AvgIpc) is 2.83. The fourth-order valence-corrected chi connectivity index (χ4v) is 3.82. The summed E-state index contributed by atoms with van der Waals surface area (Å²) in [7, 11) is 1.28. The van der Waals surface area contributed by atoms with Crippen molar-refractivity contribution in [2.24, 2.45) is 0 Å². The molecule has 4 aromatic carbocycles. The van der Waals surface area contributed by atoms with Crippen LogP contribution in [0.1, 0.15) is 15.9 Å². The van der Waals surface area contributed by atoms with Gasteiger partial charge in [0.1, 0.15) is 11.8 Å². The number of carbonyl (C=O) groups is 2. The van der Waals surface area contributed by atoms with E-state index in [1.54, 1.807) is 6.07 Å². The number of phenolic OH excluding ortho intramolecular Hbond substituents is 1.